The van der Waals surface area contributed by atoms with Crippen molar-refractivity contribution in [2.24, 2.45) is 5.92 Å². The highest BCUT2D eigenvalue weighted by atomic mass is 19.1. The van der Waals surface area contributed by atoms with Crippen LogP contribution in [-0.4, -0.2) is 18.4 Å². The number of nitrogens with one attached hydrogen (secondary N) is 2. The number of para-hydroxylation sites is 1. The van der Waals surface area contributed by atoms with Crippen molar-refractivity contribution < 1.29 is 14.0 Å². The van der Waals surface area contributed by atoms with Gasteiger partial charge in [-0.1, -0.05) is 12.1 Å². The maximum atomic E-state index is 13.6. The minimum Gasteiger partial charge on any atom is -0.355 e. The van der Waals surface area contributed by atoms with E-state index < -0.39 is 5.82 Å². The molecule has 1 saturated heterocycles. The zero-order valence-electron chi connectivity index (χ0n) is 10.1. The van der Waals surface area contributed by atoms with Crippen LogP contribution in [0.5, 0.6) is 0 Å². The van der Waals surface area contributed by atoms with Crippen LogP contribution in [0.3, 0.4) is 0 Å². The third-order valence-electron chi connectivity index (χ3n) is 3.11. The molecular formula is C13H15FN2O2. The summed E-state index contributed by atoms with van der Waals surface area (Å²) in [5.41, 5.74) is 0.905. The second kappa shape index (κ2) is 5.16. The number of hydrogen-bond donors (Lipinski definition) is 2. The topological polar surface area (TPSA) is 58.2 Å². The van der Waals surface area contributed by atoms with Crippen molar-refractivity contribution in [3.63, 3.8) is 0 Å². The molecule has 18 heavy (non-hydrogen) atoms. The van der Waals surface area contributed by atoms with Crippen LogP contribution >= 0.6 is 0 Å². The van der Waals surface area contributed by atoms with Crippen molar-refractivity contribution in [3.8, 4) is 0 Å². The molecule has 2 amide bonds. The Labute approximate surface area is 105 Å². The van der Waals surface area contributed by atoms with Gasteiger partial charge in [-0.05, 0) is 25.0 Å². The Morgan fingerprint density at radius 1 is 1.50 bits per heavy atom. The van der Waals surface area contributed by atoms with E-state index in [0.29, 0.717) is 24.9 Å². The van der Waals surface area contributed by atoms with E-state index in [-0.39, 0.29) is 23.4 Å². The Morgan fingerprint density at radius 2 is 2.28 bits per heavy atom. The summed E-state index contributed by atoms with van der Waals surface area (Å²) in [5.74, 6) is -1.02. The highest BCUT2D eigenvalue weighted by Gasteiger charge is 2.25. The van der Waals surface area contributed by atoms with Crippen LogP contribution in [0.15, 0.2) is 18.2 Å². The van der Waals surface area contributed by atoms with Crippen LogP contribution in [0.1, 0.15) is 18.4 Å². The summed E-state index contributed by atoms with van der Waals surface area (Å²) in [4.78, 5) is 22.9. The Bertz CT molecular complexity index is 458. The van der Waals surface area contributed by atoms with Crippen LogP contribution in [0.25, 0.3) is 0 Å². The average molecular weight is 250 g/mol. The molecule has 1 aliphatic rings. The maximum absolute atomic E-state index is 13.6. The van der Waals surface area contributed by atoms with E-state index in [0.717, 1.165) is 0 Å². The van der Waals surface area contributed by atoms with E-state index >= 15 is 0 Å². The molecule has 0 aromatic heterocycles. The van der Waals surface area contributed by atoms with Crippen LogP contribution in [0, 0.1) is 18.7 Å². The average Bonchev–Trinajstić information content (AvgIpc) is 2.34. The van der Waals surface area contributed by atoms with Gasteiger partial charge in [0.2, 0.25) is 11.8 Å². The summed E-state index contributed by atoms with van der Waals surface area (Å²) < 4.78 is 13.6. The molecular weight excluding hydrogens is 235 g/mol. The van der Waals surface area contributed by atoms with Gasteiger partial charge in [-0.2, -0.15) is 0 Å². The molecule has 0 radical (unpaired) electrons. The number of hydrogen-bond acceptors (Lipinski definition) is 2. The van der Waals surface area contributed by atoms with Crippen LogP contribution < -0.4 is 10.6 Å². The zero-order valence-corrected chi connectivity index (χ0v) is 10.1. The second-order valence-electron chi connectivity index (χ2n) is 4.46. The Balaban J connectivity index is 2.05. The van der Waals surface area contributed by atoms with Crippen LogP contribution in [0.4, 0.5) is 10.1 Å². The molecule has 1 unspecified atom stereocenters. The molecule has 2 N–H and O–H groups in total. The summed E-state index contributed by atoms with van der Waals surface area (Å²) in [6.07, 6.45) is 0.847. The first kappa shape index (κ1) is 12.5. The normalized spacial score (nSPS) is 19.2. The fourth-order valence-corrected chi connectivity index (χ4v) is 1.97. The third kappa shape index (κ3) is 2.67. The Morgan fingerprint density at radius 3 is 2.89 bits per heavy atom. The first-order valence-electron chi connectivity index (χ1n) is 5.90. The molecule has 5 heteroatoms. The van der Waals surface area contributed by atoms with E-state index in [4.69, 9.17) is 0 Å². The van der Waals surface area contributed by atoms with Gasteiger partial charge in [0.25, 0.3) is 0 Å². The molecule has 0 aliphatic carbocycles. The van der Waals surface area contributed by atoms with Crippen molar-refractivity contribution in [3.05, 3.63) is 29.6 Å². The van der Waals surface area contributed by atoms with Crippen molar-refractivity contribution in [2.75, 3.05) is 11.9 Å². The van der Waals surface area contributed by atoms with Gasteiger partial charge in [-0.25, -0.2) is 4.39 Å². The molecule has 0 saturated carbocycles. The number of amides is 2. The van der Waals surface area contributed by atoms with Crippen molar-refractivity contribution in [1.29, 1.82) is 0 Å². The predicted octanol–water partition coefficient (Wildman–Crippen LogP) is 1.60. The molecule has 1 heterocycles. The number of piperidine rings is 1. The lowest BCUT2D eigenvalue weighted by molar-refractivity contribution is -0.126. The van der Waals surface area contributed by atoms with Gasteiger partial charge in [-0.3, -0.25) is 9.59 Å². The van der Waals surface area contributed by atoms with Crippen LogP contribution in [-0.2, 0) is 9.59 Å². The fraction of sp³-hybridized carbons (Fsp3) is 0.385. The largest absolute Gasteiger partial charge is 0.355 e. The van der Waals surface area contributed by atoms with E-state index in [2.05, 4.69) is 10.6 Å². The second-order valence-corrected chi connectivity index (χ2v) is 4.46. The lowest BCUT2D eigenvalue weighted by Gasteiger charge is -2.22. The molecule has 0 spiro atoms. The molecule has 1 aromatic carbocycles. The van der Waals surface area contributed by atoms with Gasteiger partial charge in [0.05, 0.1) is 11.6 Å². The van der Waals surface area contributed by atoms with Gasteiger partial charge >= 0.3 is 0 Å². The first-order chi connectivity index (χ1) is 8.58. The quantitative estimate of drug-likeness (QED) is 0.837. The number of carbonyl (C=O) groups excluding carboxylic acids is 2. The van der Waals surface area contributed by atoms with Gasteiger partial charge in [0.15, 0.2) is 0 Å². The summed E-state index contributed by atoms with van der Waals surface area (Å²) in [5, 5.41) is 5.23. The number of benzene rings is 1. The first-order valence-corrected chi connectivity index (χ1v) is 5.90. The monoisotopic (exact) mass is 250 g/mol. The lowest BCUT2D eigenvalue weighted by atomic mass is 9.98. The molecule has 1 aliphatic heterocycles. The van der Waals surface area contributed by atoms with Gasteiger partial charge in [0, 0.05) is 13.0 Å². The number of aryl methyl sites for hydroxylation is 1. The summed E-state index contributed by atoms with van der Waals surface area (Å²) >= 11 is 0. The predicted molar refractivity (Wildman–Crippen MR) is 65.5 cm³/mol. The number of halogens is 1. The molecule has 96 valence electrons. The number of anilines is 1. The summed E-state index contributed by atoms with van der Waals surface area (Å²) in [6.45, 7) is 2.06. The summed E-state index contributed by atoms with van der Waals surface area (Å²) in [7, 11) is 0. The molecule has 4 nitrogen and oxygen atoms in total. The van der Waals surface area contributed by atoms with Crippen molar-refractivity contribution in [2.45, 2.75) is 19.8 Å². The molecule has 1 aromatic rings. The Hall–Kier alpha value is -1.91. The van der Waals surface area contributed by atoms with Gasteiger partial charge < -0.3 is 10.6 Å². The van der Waals surface area contributed by atoms with E-state index in [1.165, 1.54) is 6.07 Å². The van der Waals surface area contributed by atoms with Crippen LogP contribution in [0.2, 0.25) is 0 Å². The van der Waals surface area contributed by atoms with Gasteiger partial charge in [-0.15, -0.1) is 0 Å². The van der Waals surface area contributed by atoms with Crippen molar-refractivity contribution in [1.82, 2.24) is 5.32 Å². The fourth-order valence-electron chi connectivity index (χ4n) is 1.97. The van der Waals surface area contributed by atoms with E-state index in [9.17, 15) is 14.0 Å². The SMILES string of the molecule is Cc1cccc(F)c1NC(=O)C1CCC(=O)NC1. The molecule has 0 bridgehead atoms. The minimum atomic E-state index is -0.441. The minimum absolute atomic E-state index is 0.0406. The van der Waals surface area contributed by atoms with Crippen molar-refractivity contribution >= 4 is 17.5 Å². The highest BCUT2D eigenvalue weighted by molar-refractivity contribution is 5.94. The molecule has 2 rings (SSSR count). The Kier molecular flexibility index (Phi) is 3.60. The molecule has 1 atom stereocenters. The zero-order chi connectivity index (χ0) is 13.1. The summed E-state index contributed by atoms with van der Waals surface area (Å²) in [6, 6.07) is 4.65. The number of carbonyl (C=O) groups is 2. The number of rotatable bonds is 2. The lowest BCUT2D eigenvalue weighted by Crippen LogP contribution is -2.40. The van der Waals surface area contributed by atoms with E-state index in [1.54, 1.807) is 19.1 Å². The molecule has 1 fully saturated rings. The standard InChI is InChI=1S/C13H15FN2O2/c1-8-3-2-4-10(14)12(8)16-13(18)9-5-6-11(17)15-7-9/h2-4,9H,5-7H2,1H3,(H,15,17)(H,16,18). The third-order valence-corrected chi connectivity index (χ3v) is 3.11. The van der Waals surface area contributed by atoms with E-state index in [1.807, 2.05) is 0 Å². The maximum Gasteiger partial charge on any atom is 0.229 e. The highest BCUT2D eigenvalue weighted by Crippen LogP contribution is 2.21. The van der Waals surface area contributed by atoms with Gasteiger partial charge in [0.1, 0.15) is 5.82 Å². The smallest absolute Gasteiger partial charge is 0.229 e.